The van der Waals surface area contributed by atoms with Crippen LogP contribution in [0.15, 0.2) is 48.8 Å². The number of hydrogen-bond donors (Lipinski definition) is 1. The van der Waals surface area contributed by atoms with Crippen LogP contribution in [-0.4, -0.2) is 15.5 Å². The van der Waals surface area contributed by atoms with Crippen LogP contribution in [0.4, 0.5) is 0 Å². The quantitative estimate of drug-likeness (QED) is 0.796. The molecule has 1 amide bonds. The Bertz CT molecular complexity index is 800. The smallest absolute Gasteiger partial charge is 0.262 e. The van der Waals surface area contributed by atoms with E-state index >= 15 is 0 Å². The molecule has 0 unspecified atom stereocenters. The topological polar surface area (TPSA) is 46.9 Å². The van der Waals surface area contributed by atoms with E-state index in [1.54, 1.807) is 6.20 Å². The highest BCUT2D eigenvalue weighted by atomic mass is 32.1. The summed E-state index contributed by atoms with van der Waals surface area (Å²) in [6.07, 6.45) is 3.63. The molecule has 0 saturated carbocycles. The number of aryl methyl sites for hydroxylation is 3. The molecule has 1 atom stereocenters. The van der Waals surface area contributed by atoms with Crippen molar-refractivity contribution in [1.29, 1.82) is 0 Å². The maximum atomic E-state index is 12.7. The first-order valence-corrected chi connectivity index (χ1v) is 8.28. The Morgan fingerprint density at radius 3 is 2.57 bits per heavy atom. The summed E-state index contributed by atoms with van der Waals surface area (Å²) in [6.45, 7) is 4.06. The molecule has 0 aliphatic carbocycles. The third kappa shape index (κ3) is 3.19. The molecule has 0 radical (unpaired) electrons. The summed E-state index contributed by atoms with van der Waals surface area (Å²) in [5.74, 6) is 0.748. The van der Waals surface area contributed by atoms with Crippen molar-refractivity contribution < 1.29 is 4.79 Å². The first-order valence-electron chi connectivity index (χ1n) is 7.46. The Hall–Kier alpha value is -2.40. The zero-order chi connectivity index (χ0) is 16.4. The van der Waals surface area contributed by atoms with Gasteiger partial charge < -0.3 is 9.88 Å². The van der Waals surface area contributed by atoms with Crippen LogP contribution in [-0.2, 0) is 7.05 Å². The predicted octanol–water partition coefficient (Wildman–Crippen LogP) is 3.62. The molecule has 4 nitrogen and oxygen atoms in total. The number of thiophene rings is 1. The highest BCUT2D eigenvalue weighted by molar-refractivity contribution is 7.14. The molecule has 2 heterocycles. The van der Waals surface area contributed by atoms with Gasteiger partial charge in [-0.1, -0.05) is 30.3 Å². The zero-order valence-corrected chi connectivity index (χ0v) is 14.2. The molecular weight excluding hydrogens is 306 g/mol. The molecule has 23 heavy (non-hydrogen) atoms. The van der Waals surface area contributed by atoms with E-state index in [-0.39, 0.29) is 11.9 Å². The largest absolute Gasteiger partial charge is 0.337 e. The molecule has 3 rings (SSSR count). The molecule has 118 valence electrons. The Balaban J connectivity index is 1.93. The number of amides is 1. The average molecular weight is 325 g/mol. The number of aromatic nitrogens is 2. The third-order valence-electron chi connectivity index (χ3n) is 3.91. The molecule has 0 bridgehead atoms. The van der Waals surface area contributed by atoms with E-state index < -0.39 is 0 Å². The van der Waals surface area contributed by atoms with Gasteiger partial charge in [0.2, 0.25) is 0 Å². The highest BCUT2D eigenvalue weighted by Crippen LogP contribution is 2.24. The van der Waals surface area contributed by atoms with Gasteiger partial charge in [0.05, 0.1) is 4.88 Å². The lowest BCUT2D eigenvalue weighted by Gasteiger charge is -2.18. The molecule has 1 N–H and O–H groups in total. The number of carbonyl (C=O) groups excluding carboxylic acids is 1. The molecule has 0 aliphatic rings. The number of nitrogens with one attached hydrogen (secondary N) is 1. The first-order chi connectivity index (χ1) is 11.1. The molecule has 3 aromatic rings. The molecule has 5 heteroatoms. The van der Waals surface area contributed by atoms with Crippen LogP contribution in [0.25, 0.3) is 0 Å². The van der Waals surface area contributed by atoms with Gasteiger partial charge in [0.1, 0.15) is 11.9 Å². The minimum Gasteiger partial charge on any atom is -0.337 e. The first kappa shape index (κ1) is 15.5. The highest BCUT2D eigenvalue weighted by Gasteiger charge is 2.22. The van der Waals surface area contributed by atoms with Crippen LogP contribution in [0.1, 0.15) is 37.5 Å². The van der Waals surface area contributed by atoms with Crippen molar-refractivity contribution in [2.24, 2.45) is 7.05 Å². The van der Waals surface area contributed by atoms with Crippen LogP contribution >= 0.6 is 11.3 Å². The lowest BCUT2D eigenvalue weighted by atomic mass is 10.1. The monoisotopic (exact) mass is 325 g/mol. The van der Waals surface area contributed by atoms with Crippen molar-refractivity contribution in [3.8, 4) is 0 Å². The second kappa shape index (κ2) is 6.38. The van der Waals surface area contributed by atoms with E-state index in [0.717, 1.165) is 21.8 Å². The van der Waals surface area contributed by atoms with Gasteiger partial charge >= 0.3 is 0 Å². The van der Waals surface area contributed by atoms with E-state index in [9.17, 15) is 4.79 Å². The molecule has 2 aromatic heterocycles. The van der Waals surface area contributed by atoms with E-state index in [1.165, 1.54) is 16.2 Å². The van der Waals surface area contributed by atoms with Crippen molar-refractivity contribution in [3.63, 3.8) is 0 Å². The fraction of sp³-hybridized carbons (Fsp3) is 0.222. The van der Waals surface area contributed by atoms with Gasteiger partial charge in [-0.3, -0.25) is 4.79 Å². The summed E-state index contributed by atoms with van der Waals surface area (Å²) in [5.41, 5.74) is 2.16. The van der Waals surface area contributed by atoms with Crippen molar-refractivity contribution >= 4 is 17.2 Å². The fourth-order valence-electron chi connectivity index (χ4n) is 2.49. The van der Waals surface area contributed by atoms with Gasteiger partial charge in [-0.25, -0.2) is 4.98 Å². The molecule has 0 fully saturated rings. The normalized spacial score (nSPS) is 12.1. The van der Waals surface area contributed by atoms with Crippen LogP contribution < -0.4 is 5.32 Å². The second-order valence-electron chi connectivity index (χ2n) is 5.56. The van der Waals surface area contributed by atoms with Crippen LogP contribution in [0.3, 0.4) is 0 Å². The van der Waals surface area contributed by atoms with Crippen molar-refractivity contribution in [1.82, 2.24) is 14.9 Å². The number of hydrogen-bond acceptors (Lipinski definition) is 3. The van der Waals surface area contributed by atoms with Gasteiger partial charge in [-0.05, 0) is 31.0 Å². The van der Waals surface area contributed by atoms with Crippen molar-refractivity contribution in [2.75, 3.05) is 0 Å². The Morgan fingerprint density at radius 1 is 1.26 bits per heavy atom. The van der Waals surface area contributed by atoms with Crippen molar-refractivity contribution in [2.45, 2.75) is 19.9 Å². The summed E-state index contributed by atoms with van der Waals surface area (Å²) in [6, 6.07) is 11.6. The van der Waals surface area contributed by atoms with E-state index in [2.05, 4.69) is 10.3 Å². The summed E-state index contributed by atoms with van der Waals surface area (Å²) in [7, 11) is 1.93. The standard InChI is InChI=1S/C18H19N3OS/c1-12-11-15(23-13(12)2)18(22)20-16(14-7-5-4-6-8-14)17-19-9-10-21(17)3/h4-11,16H,1-3H3,(H,20,22)/t16-/m0/s1. The SMILES string of the molecule is Cc1cc(C(=O)N[C@@H](c2ccccc2)c2nccn2C)sc1C. The lowest BCUT2D eigenvalue weighted by molar-refractivity contribution is 0.0945. The number of benzene rings is 1. The third-order valence-corrected chi connectivity index (χ3v) is 5.07. The van der Waals surface area contributed by atoms with Gasteiger partial charge in [0.15, 0.2) is 0 Å². The Labute approximate surface area is 139 Å². The second-order valence-corrected chi connectivity index (χ2v) is 6.82. The van der Waals surface area contributed by atoms with E-state index in [4.69, 9.17) is 0 Å². The van der Waals surface area contributed by atoms with E-state index in [0.29, 0.717) is 0 Å². The maximum Gasteiger partial charge on any atom is 0.262 e. The minimum atomic E-state index is -0.272. The molecule has 0 spiro atoms. The minimum absolute atomic E-state index is 0.0666. The lowest BCUT2D eigenvalue weighted by Crippen LogP contribution is -2.30. The number of imidazole rings is 1. The summed E-state index contributed by atoms with van der Waals surface area (Å²) in [4.78, 5) is 19.0. The van der Waals surface area contributed by atoms with E-state index in [1.807, 2.05) is 68.1 Å². The Morgan fingerprint density at radius 2 is 2.00 bits per heavy atom. The Kier molecular flexibility index (Phi) is 4.30. The fourth-order valence-corrected chi connectivity index (χ4v) is 3.42. The predicted molar refractivity (Wildman–Crippen MR) is 92.8 cm³/mol. The number of nitrogens with zero attached hydrogens (tertiary/aromatic N) is 2. The molecule has 1 aromatic carbocycles. The molecular formula is C18H19N3OS. The maximum absolute atomic E-state index is 12.7. The van der Waals surface area contributed by atoms with Gasteiger partial charge in [-0.15, -0.1) is 11.3 Å². The number of rotatable bonds is 4. The summed E-state index contributed by atoms with van der Waals surface area (Å²) >= 11 is 1.52. The van der Waals surface area contributed by atoms with Gasteiger partial charge in [0, 0.05) is 24.3 Å². The number of carbonyl (C=O) groups is 1. The van der Waals surface area contributed by atoms with Crippen LogP contribution in [0.2, 0.25) is 0 Å². The average Bonchev–Trinajstić information content (AvgIpc) is 3.12. The molecule has 0 aliphatic heterocycles. The van der Waals surface area contributed by atoms with Crippen LogP contribution in [0.5, 0.6) is 0 Å². The molecule has 0 saturated heterocycles. The summed E-state index contributed by atoms with van der Waals surface area (Å²) < 4.78 is 1.93. The van der Waals surface area contributed by atoms with Gasteiger partial charge in [0.25, 0.3) is 5.91 Å². The zero-order valence-electron chi connectivity index (χ0n) is 13.4. The summed E-state index contributed by atoms with van der Waals surface area (Å²) in [5, 5.41) is 3.12. The van der Waals surface area contributed by atoms with Crippen molar-refractivity contribution in [3.05, 3.63) is 75.5 Å². The van der Waals surface area contributed by atoms with Gasteiger partial charge in [-0.2, -0.15) is 0 Å². The van der Waals surface area contributed by atoms with Crippen LogP contribution in [0, 0.1) is 13.8 Å².